The summed E-state index contributed by atoms with van der Waals surface area (Å²) in [5.41, 5.74) is 7.82. The number of likely N-dealkylation sites (tertiary alicyclic amines) is 2. The van der Waals surface area contributed by atoms with E-state index in [2.05, 4.69) is 66.0 Å². The number of aryl methyl sites for hydroxylation is 4. The average molecular weight is 2010 g/mol. The van der Waals surface area contributed by atoms with Crippen LogP contribution in [0.25, 0.3) is 0 Å². The van der Waals surface area contributed by atoms with E-state index in [1.54, 1.807) is 81.4 Å². The summed E-state index contributed by atoms with van der Waals surface area (Å²) in [7, 11) is 2.01. The van der Waals surface area contributed by atoms with Crippen molar-refractivity contribution < 1.29 is 84.2 Å². The van der Waals surface area contributed by atoms with Gasteiger partial charge in [-0.2, -0.15) is 0 Å². The Kier molecular flexibility index (Phi) is 28.6. The number of piperazine rings is 1. The number of imidazole rings is 4. The number of aromatic nitrogens is 8. The molecule has 12 heterocycles. The molecule has 0 atom stereocenters. The topological polar surface area (TPSA) is 429 Å². The minimum absolute atomic E-state index is 0.00485. The number of likely N-dealkylation sites (N-methyl/N-ethyl adjacent to an activating group) is 1. The monoisotopic (exact) mass is 2010 g/mol. The zero-order chi connectivity index (χ0) is 99.5. The minimum Gasteiger partial charge on any atom is -0.380 e. The summed E-state index contributed by atoms with van der Waals surface area (Å²) in [4.78, 5) is 195. The first-order valence-electron chi connectivity index (χ1n) is 47.3. The fourth-order valence-corrected chi connectivity index (χ4v) is 22.8. The van der Waals surface area contributed by atoms with Crippen LogP contribution in [0, 0.1) is 78.0 Å². The van der Waals surface area contributed by atoms with Gasteiger partial charge in [0, 0.05) is 89.6 Å². The van der Waals surface area contributed by atoms with Gasteiger partial charge >= 0.3 is 0 Å². The van der Waals surface area contributed by atoms with Crippen LogP contribution in [0.4, 0.5) is 44.7 Å². The van der Waals surface area contributed by atoms with Gasteiger partial charge in [0.1, 0.15) is 52.2 Å². The number of rotatable bonds is 16. The van der Waals surface area contributed by atoms with E-state index in [1.807, 2.05) is 7.05 Å². The summed E-state index contributed by atoms with van der Waals surface area (Å²) >= 11 is 25.0. The molecular formula is C97H110Cl4F5N21O13. The Labute approximate surface area is 822 Å². The largest absolute Gasteiger partial charge is 0.380 e. The summed E-state index contributed by atoms with van der Waals surface area (Å²) in [5.74, 6) is -4.95. The Morgan fingerprint density at radius 3 is 0.929 bits per heavy atom. The molecule has 8 saturated heterocycles. The molecule has 34 nitrogen and oxygen atoms in total. The molecule has 12 fully saturated rings. The van der Waals surface area contributed by atoms with Gasteiger partial charge < -0.3 is 90.9 Å². The van der Waals surface area contributed by atoms with Crippen molar-refractivity contribution in [3.05, 3.63) is 185 Å². The Hall–Kier alpha value is -11.9. The number of nitrogens with one attached hydrogen (secondary N) is 8. The maximum Gasteiger partial charge on any atom is 0.272 e. The molecule has 12 aliphatic rings. The summed E-state index contributed by atoms with van der Waals surface area (Å²) < 4.78 is 73.7. The van der Waals surface area contributed by atoms with Crippen LogP contribution in [0.1, 0.15) is 235 Å². The highest BCUT2D eigenvalue weighted by atomic mass is 35.5. The van der Waals surface area contributed by atoms with Crippen LogP contribution >= 0.6 is 46.4 Å². The summed E-state index contributed by atoms with van der Waals surface area (Å²) in [6, 6.07) is 11.0. The van der Waals surface area contributed by atoms with Gasteiger partial charge in [-0.1, -0.05) is 46.4 Å². The van der Waals surface area contributed by atoms with Crippen LogP contribution in [-0.2, 0) is 23.9 Å². The highest BCUT2D eigenvalue weighted by Gasteiger charge is 2.56. The number of hydrogen-bond donors (Lipinski definition) is 9. The van der Waals surface area contributed by atoms with Crippen LogP contribution in [0.3, 0.4) is 0 Å². The average Bonchev–Trinajstić information content (AvgIpc) is 1.49. The summed E-state index contributed by atoms with van der Waals surface area (Å²) in [6.45, 7) is 14.1. The fraction of sp³-hybridized carbons (Fsp3) is 0.505. The number of carbonyl (C=O) groups is 12. The number of amides is 12. The zero-order valence-electron chi connectivity index (χ0n) is 78.0. The maximum absolute atomic E-state index is 13.9. The lowest BCUT2D eigenvalue weighted by atomic mass is 9.71. The molecule has 12 amide bonds. The van der Waals surface area contributed by atoms with Crippen LogP contribution in [0.15, 0.2) is 73.8 Å². The first-order valence-corrected chi connectivity index (χ1v) is 48.9. The normalized spacial score (nSPS) is 24.8. The van der Waals surface area contributed by atoms with E-state index in [-0.39, 0.29) is 156 Å². The Morgan fingerprint density at radius 1 is 0.379 bits per heavy atom. The molecular weight excluding hydrogens is 1900 g/mol. The molecule has 5 spiro atoms. The summed E-state index contributed by atoms with van der Waals surface area (Å²) in [6.07, 6.45) is 17.0. The third-order valence-electron chi connectivity index (χ3n) is 30.6. The number of hydrogen-bond acceptors (Lipinski definition) is 18. The van der Waals surface area contributed by atoms with Crippen molar-refractivity contribution in [3.63, 3.8) is 0 Å². The van der Waals surface area contributed by atoms with Crippen molar-refractivity contribution >= 4 is 140 Å². The highest BCUT2D eigenvalue weighted by molar-refractivity contribution is 6.35. The lowest BCUT2D eigenvalue weighted by Crippen LogP contribution is -2.67. The van der Waals surface area contributed by atoms with E-state index in [0.29, 0.717) is 239 Å². The number of nitrogens with zero attached hydrogens (tertiary/aromatic N) is 12. The highest BCUT2D eigenvalue weighted by Crippen LogP contribution is 2.53. The SMILES string of the molecule is Cc1cc(N2CCC3(CCC(NC(=O)c4[nH]cnc4C(N)=O)CC3)C2=O)c(Cl)cc1F.Cc1cc(N2CCC3(CCC(NC(=O)c4nc[nH]c4C(=O)N4CC(F)C4)CC3)C2=O)c(Cl)cc1F.Cc1cc(N2CCC3(CCC(NC(=O)c4nc[nH]c4C(=O)N4CC5(COC5)C4)CC3)C2=O)c(Cl)cc1F.Cc1cc(N2CCC3(CCC(NC(=O)c4nc[nH]c4C(=O)N4CCN(C)CC4)CC3)C2=O)c(Cl)cc1F. The molecule has 8 aliphatic heterocycles. The molecule has 43 heteroatoms. The number of carbonyl (C=O) groups excluding carboxylic acids is 12. The number of primary amides is 1. The maximum atomic E-state index is 13.9. The van der Waals surface area contributed by atoms with Gasteiger partial charge in [0.15, 0.2) is 22.8 Å². The number of anilines is 4. The Bertz CT molecular complexity index is 6210. The number of H-pyrrole nitrogens is 4. The molecule has 4 aliphatic carbocycles. The number of benzene rings is 4. The Morgan fingerprint density at radius 2 is 0.650 bits per heavy atom. The van der Waals surface area contributed by atoms with Gasteiger partial charge in [0.05, 0.1) is 122 Å². The number of aromatic amines is 4. The fourth-order valence-electron chi connectivity index (χ4n) is 21.8. The second-order valence-corrected chi connectivity index (χ2v) is 41.2. The minimum atomic E-state index is -1.04. The number of nitrogens with two attached hydrogens (primary N) is 1. The van der Waals surface area contributed by atoms with Crippen LogP contribution in [-0.4, -0.2) is 259 Å². The van der Waals surface area contributed by atoms with Crippen molar-refractivity contribution in [1.82, 2.24) is 80.7 Å². The van der Waals surface area contributed by atoms with Crippen molar-refractivity contribution in [2.45, 2.75) is 186 Å². The first-order chi connectivity index (χ1) is 66.8. The number of halogens is 9. The molecule has 0 radical (unpaired) electrons. The van der Waals surface area contributed by atoms with Crippen LogP contribution in [0.5, 0.6) is 0 Å². The van der Waals surface area contributed by atoms with Gasteiger partial charge in [0.2, 0.25) is 23.6 Å². The molecule has 8 aromatic rings. The molecule has 4 aromatic carbocycles. The zero-order valence-corrected chi connectivity index (χ0v) is 81.0. The second kappa shape index (κ2) is 40.2. The molecule has 0 bridgehead atoms. The standard InChI is InChI=1S/C26H32ClFN6O3.C26H29ClFN5O4.C24H26ClF2N5O3.C21H23ClFN5O3/c1-16-13-20(18(27)14-19(16)28)34-8-7-26(25(34)37)5-3-17(4-6-26)31-23(35)21-22(30-15-29-21)24(36)33-11-9-32(2)10-12-33;1-15-8-19(17(27)9-18(15)28)33-7-6-26(24(33)36)4-2-16(3-5-26)31-22(34)20-21(30-14-29-20)23(35)32-10-25(11-32)12-37-13-25;1-13-8-18(16(25)9-17(13)27)32-7-6-24(23(32)35)4-2-15(3-5-24)30-21(33)19-20(29-12-28-19)22(34)31-10-14(26)11-31;1-11-8-15(13(22)9-14(11)23)28-7-6-21(20(28)31)4-2-12(3-5-21)27-19(30)17-16(18(24)29)25-10-26-17/h13-15,17H,3-12H2,1-2H3,(H,29,30)(H,31,35);8-9,14,16H,2-7,10-13H2,1H3,(H,29,30)(H,31,34);8-9,12,14-15H,2-7,10-11H2,1H3,(H,28,29)(H,30,33);8-10,12H,2-7H2,1H3,(H2,24,29)(H,25,26)(H,27,30). The molecule has 4 aromatic heterocycles. The lowest BCUT2D eigenvalue weighted by molar-refractivity contribution is -0.176. The van der Waals surface area contributed by atoms with E-state index in [9.17, 15) is 79.5 Å². The van der Waals surface area contributed by atoms with Crippen molar-refractivity contribution in [2.24, 2.45) is 32.8 Å². The summed E-state index contributed by atoms with van der Waals surface area (Å²) in [5, 5.41) is 12.8. The van der Waals surface area contributed by atoms with E-state index in [4.69, 9.17) is 56.9 Å². The second-order valence-electron chi connectivity index (χ2n) is 39.6. The third kappa shape index (κ3) is 19.7. The van der Waals surface area contributed by atoms with E-state index < -0.39 is 74.7 Å². The van der Waals surface area contributed by atoms with Crippen molar-refractivity contribution in [3.8, 4) is 0 Å². The van der Waals surface area contributed by atoms with E-state index in [1.165, 1.54) is 54.5 Å². The predicted octanol–water partition coefficient (Wildman–Crippen LogP) is 12.2. The van der Waals surface area contributed by atoms with E-state index >= 15 is 0 Å². The Balaban J connectivity index is 0.000000129. The van der Waals surface area contributed by atoms with E-state index in [0.717, 1.165) is 13.1 Å². The van der Waals surface area contributed by atoms with Crippen molar-refractivity contribution in [2.75, 3.05) is 118 Å². The van der Waals surface area contributed by atoms with Crippen LogP contribution in [0.2, 0.25) is 20.1 Å². The van der Waals surface area contributed by atoms with Gasteiger partial charge in [-0.25, -0.2) is 41.9 Å². The number of alkyl halides is 1. The lowest BCUT2D eigenvalue weighted by Gasteiger charge is -2.54. The molecule has 4 saturated carbocycles. The van der Waals surface area contributed by atoms with Crippen LogP contribution < -0.4 is 46.6 Å². The van der Waals surface area contributed by atoms with Gasteiger partial charge in [-0.05, 0) is 234 Å². The van der Waals surface area contributed by atoms with Crippen molar-refractivity contribution in [1.29, 1.82) is 0 Å². The smallest absolute Gasteiger partial charge is 0.272 e. The quantitative estimate of drug-likeness (QED) is 0.0406. The molecule has 0 unspecified atom stereocenters. The third-order valence-corrected chi connectivity index (χ3v) is 31.8. The first kappa shape index (κ1) is 99.6. The van der Waals surface area contributed by atoms with Gasteiger partial charge in [-0.3, -0.25) is 57.5 Å². The van der Waals surface area contributed by atoms with Gasteiger partial charge in [-0.15, -0.1) is 0 Å². The predicted molar refractivity (Wildman–Crippen MR) is 507 cm³/mol. The number of ether oxygens (including phenoxy) is 1. The molecule has 140 heavy (non-hydrogen) atoms. The molecule has 744 valence electrons. The molecule has 10 N–H and O–H groups in total. The van der Waals surface area contributed by atoms with Gasteiger partial charge in [0.25, 0.3) is 47.3 Å². The molecule has 20 rings (SSSR count).